The first-order valence-corrected chi connectivity index (χ1v) is 9.92. The number of carbonyl (C=O) groups excluding carboxylic acids is 1. The Morgan fingerprint density at radius 2 is 1.81 bits per heavy atom. The summed E-state index contributed by atoms with van der Waals surface area (Å²) in [5.74, 6) is -0.122. The minimum atomic E-state index is -0.468. The lowest BCUT2D eigenvalue weighted by Gasteiger charge is -2.38. The Labute approximate surface area is 160 Å². The molecule has 2 aliphatic rings. The highest BCUT2D eigenvalue weighted by molar-refractivity contribution is 5.98. The van der Waals surface area contributed by atoms with Crippen molar-refractivity contribution in [2.45, 2.75) is 51.2 Å². The van der Waals surface area contributed by atoms with Crippen LogP contribution in [0.25, 0.3) is 0 Å². The fraction of sp³-hybridized carbons (Fsp3) is 0.435. The van der Waals surface area contributed by atoms with E-state index >= 15 is 0 Å². The molecule has 2 fully saturated rings. The van der Waals surface area contributed by atoms with Crippen molar-refractivity contribution in [3.05, 3.63) is 65.5 Å². The lowest BCUT2D eigenvalue weighted by atomic mass is 9.84. The molecule has 2 aromatic rings. The minimum Gasteiger partial charge on any atom is -0.494 e. The number of halogens is 1. The van der Waals surface area contributed by atoms with Crippen LogP contribution in [0, 0.1) is 11.7 Å². The van der Waals surface area contributed by atoms with Gasteiger partial charge in [-0.25, -0.2) is 4.39 Å². The van der Waals surface area contributed by atoms with Crippen molar-refractivity contribution < 1.29 is 13.9 Å². The zero-order valence-electron chi connectivity index (χ0n) is 15.7. The third-order valence-corrected chi connectivity index (χ3v) is 5.98. The number of rotatable bonds is 6. The van der Waals surface area contributed by atoms with Crippen LogP contribution in [0.5, 0.6) is 5.75 Å². The van der Waals surface area contributed by atoms with E-state index in [9.17, 15) is 9.18 Å². The van der Waals surface area contributed by atoms with Gasteiger partial charge >= 0.3 is 0 Å². The third kappa shape index (κ3) is 3.77. The second kappa shape index (κ2) is 7.81. The molecule has 0 N–H and O–H groups in total. The lowest BCUT2D eigenvalue weighted by molar-refractivity contribution is 0.0674. The Morgan fingerprint density at radius 3 is 2.44 bits per heavy atom. The molecular weight excluding hydrogens is 341 g/mol. The number of ether oxygens (including phenoxy) is 1. The van der Waals surface area contributed by atoms with Crippen LogP contribution >= 0.6 is 0 Å². The maximum Gasteiger partial charge on any atom is 0.169 e. The third-order valence-electron chi connectivity index (χ3n) is 5.98. The number of piperidine rings is 1. The molecule has 3 nitrogen and oxygen atoms in total. The van der Waals surface area contributed by atoms with Gasteiger partial charge in [0.2, 0.25) is 0 Å². The molecular formula is C23H26FNO2. The molecule has 142 valence electrons. The van der Waals surface area contributed by atoms with Gasteiger partial charge in [-0.2, -0.15) is 0 Å². The molecule has 4 rings (SSSR count). The van der Waals surface area contributed by atoms with E-state index in [1.54, 1.807) is 12.1 Å². The smallest absolute Gasteiger partial charge is 0.169 e. The monoisotopic (exact) mass is 367 g/mol. The number of carbonyl (C=O) groups is 1. The summed E-state index contributed by atoms with van der Waals surface area (Å²) in [6.07, 6.45) is 3.92. The minimum absolute atomic E-state index is 0.0493. The van der Waals surface area contributed by atoms with Crippen molar-refractivity contribution in [2.24, 2.45) is 5.92 Å². The summed E-state index contributed by atoms with van der Waals surface area (Å²) in [6, 6.07) is 15.9. The molecule has 2 unspecified atom stereocenters. The molecule has 2 heterocycles. The summed E-state index contributed by atoms with van der Waals surface area (Å²) in [5, 5.41) is 0. The van der Waals surface area contributed by atoms with E-state index in [1.807, 2.05) is 13.0 Å². The van der Waals surface area contributed by atoms with Gasteiger partial charge in [-0.1, -0.05) is 30.3 Å². The van der Waals surface area contributed by atoms with Gasteiger partial charge in [0.15, 0.2) is 5.78 Å². The predicted octanol–water partition coefficient (Wildman–Crippen LogP) is 4.85. The van der Waals surface area contributed by atoms with Crippen LogP contribution in [-0.4, -0.2) is 29.4 Å². The molecule has 0 spiro atoms. The fourth-order valence-electron chi connectivity index (χ4n) is 4.71. The van der Waals surface area contributed by atoms with Crippen LogP contribution in [0.3, 0.4) is 0 Å². The summed E-state index contributed by atoms with van der Waals surface area (Å²) in [7, 11) is 0. The van der Waals surface area contributed by atoms with Gasteiger partial charge in [-0.3, -0.25) is 9.69 Å². The Hall–Kier alpha value is -2.20. The van der Waals surface area contributed by atoms with E-state index < -0.39 is 5.82 Å². The van der Waals surface area contributed by atoms with E-state index in [1.165, 1.54) is 11.6 Å². The van der Waals surface area contributed by atoms with Crippen LogP contribution < -0.4 is 4.74 Å². The fourth-order valence-corrected chi connectivity index (χ4v) is 4.71. The molecule has 27 heavy (non-hydrogen) atoms. The number of hydrogen-bond acceptors (Lipinski definition) is 3. The SMILES string of the molecule is CCOc1ccc(C(=O)C2CC3CCC(C2)N3Cc2ccccc2)c(F)c1. The van der Waals surface area contributed by atoms with E-state index in [2.05, 4.69) is 29.2 Å². The van der Waals surface area contributed by atoms with Crippen LogP contribution in [-0.2, 0) is 6.54 Å². The van der Waals surface area contributed by atoms with Crippen LogP contribution in [0.1, 0.15) is 48.5 Å². The Morgan fingerprint density at radius 1 is 1.11 bits per heavy atom. The molecule has 0 aromatic heterocycles. The highest BCUT2D eigenvalue weighted by atomic mass is 19.1. The molecule has 2 aliphatic heterocycles. The zero-order valence-corrected chi connectivity index (χ0v) is 15.7. The average molecular weight is 367 g/mol. The van der Waals surface area contributed by atoms with Gasteiger partial charge in [0.05, 0.1) is 12.2 Å². The van der Waals surface area contributed by atoms with Gasteiger partial charge in [-0.15, -0.1) is 0 Å². The molecule has 0 saturated carbocycles. The Balaban J connectivity index is 1.46. The highest BCUT2D eigenvalue weighted by Gasteiger charge is 2.43. The maximum absolute atomic E-state index is 14.4. The standard InChI is InChI=1S/C23H26FNO2/c1-2-27-20-10-11-21(22(24)14-20)23(26)17-12-18-8-9-19(13-17)25(18)15-16-6-4-3-5-7-16/h3-7,10-11,14,17-19H,2,8-9,12-13,15H2,1H3. The van der Waals surface area contributed by atoms with Crippen molar-refractivity contribution >= 4 is 5.78 Å². The molecule has 0 aliphatic carbocycles. The summed E-state index contributed by atoms with van der Waals surface area (Å²) < 4.78 is 19.8. The molecule has 2 bridgehead atoms. The van der Waals surface area contributed by atoms with Gasteiger partial charge in [0.25, 0.3) is 0 Å². The second-order valence-electron chi connectivity index (χ2n) is 7.65. The number of ketones is 1. The molecule has 4 heteroatoms. The molecule has 0 amide bonds. The maximum atomic E-state index is 14.4. The van der Waals surface area contributed by atoms with E-state index in [-0.39, 0.29) is 17.3 Å². The molecule has 2 saturated heterocycles. The summed E-state index contributed by atoms with van der Waals surface area (Å²) in [4.78, 5) is 15.5. The number of hydrogen-bond donors (Lipinski definition) is 0. The van der Waals surface area contributed by atoms with Gasteiger partial charge in [0.1, 0.15) is 11.6 Å². The topological polar surface area (TPSA) is 29.5 Å². The summed E-state index contributed by atoms with van der Waals surface area (Å²) in [5.41, 5.74) is 1.52. The van der Waals surface area contributed by atoms with Gasteiger partial charge in [0, 0.05) is 30.6 Å². The van der Waals surface area contributed by atoms with Crippen LogP contribution in [0.2, 0.25) is 0 Å². The van der Waals surface area contributed by atoms with Crippen molar-refractivity contribution in [2.75, 3.05) is 6.61 Å². The second-order valence-corrected chi connectivity index (χ2v) is 7.65. The van der Waals surface area contributed by atoms with Gasteiger partial charge in [-0.05, 0) is 50.3 Å². The van der Waals surface area contributed by atoms with E-state index in [0.717, 1.165) is 32.2 Å². The van der Waals surface area contributed by atoms with Crippen molar-refractivity contribution in [1.82, 2.24) is 4.90 Å². The van der Waals surface area contributed by atoms with Gasteiger partial charge < -0.3 is 4.74 Å². The summed E-state index contributed by atoms with van der Waals surface area (Å²) in [6.45, 7) is 3.28. The number of Topliss-reactive ketones (excluding diaryl/α,β-unsaturated/α-hetero) is 1. The largest absolute Gasteiger partial charge is 0.494 e. The lowest BCUT2D eigenvalue weighted by Crippen LogP contribution is -2.44. The normalized spacial score (nSPS) is 24.7. The number of benzene rings is 2. The number of nitrogens with zero attached hydrogens (tertiary/aromatic N) is 1. The Bertz CT molecular complexity index is 793. The van der Waals surface area contributed by atoms with Crippen LogP contribution in [0.4, 0.5) is 4.39 Å². The van der Waals surface area contributed by atoms with Crippen molar-refractivity contribution in [3.8, 4) is 5.75 Å². The highest BCUT2D eigenvalue weighted by Crippen LogP contribution is 2.41. The summed E-state index contributed by atoms with van der Waals surface area (Å²) >= 11 is 0. The van der Waals surface area contributed by atoms with E-state index in [4.69, 9.17) is 4.74 Å². The Kier molecular flexibility index (Phi) is 5.26. The molecule has 0 radical (unpaired) electrons. The molecule has 2 aromatic carbocycles. The average Bonchev–Trinajstić information content (AvgIpc) is 2.90. The first-order valence-electron chi connectivity index (χ1n) is 9.92. The quantitative estimate of drug-likeness (QED) is 0.684. The zero-order chi connectivity index (χ0) is 18.8. The number of fused-ring (bicyclic) bond motifs is 2. The van der Waals surface area contributed by atoms with Crippen molar-refractivity contribution in [3.63, 3.8) is 0 Å². The van der Waals surface area contributed by atoms with Crippen LogP contribution in [0.15, 0.2) is 48.5 Å². The first-order chi connectivity index (χ1) is 13.2. The van der Waals surface area contributed by atoms with Crippen molar-refractivity contribution in [1.29, 1.82) is 0 Å². The molecule has 2 atom stereocenters. The predicted molar refractivity (Wildman–Crippen MR) is 103 cm³/mol. The van der Waals surface area contributed by atoms with E-state index in [0.29, 0.717) is 24.4 Å². The first kappa shape index (κ1) is 18.2.